The summed E-state index contributed by atoms with van der Waals surface area (Å²) in [5.41, 5.74) is 4.13. The second-order valence-electron chi connectivity index (χ2n) is 2.53. The molecule has 5 nitrogen and oxygen atoms in total. The number of hydrazine groups is 1. The molecule has 0 amide bonds. The number of carboxylic acid groups (broad SMARTS) is 1. The maximum absolute atomic E-state index is 10.5. The molecule has 1 heterocycles. The van der Waals surface area contributed by atoms with E-state index in [-0.39, 0.29) is 0 Å². The standard InChI is InChI=1S/C5H11N3O2/c6-5(4(9)10)2-1-3-8(5)7/h1-3,6-7H2,(H,9,10)/t5-/m0/s1. The lowest BCUT2D eigenvalue weighted by molar-refractivity contribution is -0.149. The molecule has 0 aromatic heterocycles. The van der Waals surface area contributed by atoms with Crippen molar-refractivity contribution in [1.82, 2.24) is 5.01 Å². The number of nitrogens with zero attached hydrogens (tertiary/aromatic N) is 1. The van der Waals surface area contributed by atoms with Crippen molar-refractivity contribution in [2.75, 3.05) is 6.54 Å². The van der Waals surface area contributed by atoms with Gasteiger partial charge in [-0.25, -0.2) is 9.80 Å². The number of rotatable bonds is 1. The Morgan fingerprint density at radius 2 is 2.30 bits per heavy atom. The molecule has 5 N–H and O–H groups in total. The minimum absolute atomic E-state index is 0.429. The van der Waals surface area contributed by atoms with Crippen molar-refractivity contribution in [3.63, 3.8) is 0 Å². The molecule has 1 saturated heterocycles. The van der Waals surface area contributed by atoms with Crippen LogP contribution in [0.3, 0.4) is 0 Å². The van der Waals surface area contributed by atoms with Gasteiger partial charge in [-0.1, -0.05) is 0 Å². The fourth-order valence-electron chi connectivity index (χ4n) is 1.09. The second-order valence-corrected chi connectivity index (χ2v) is 2.53. The quantitative estimate of drug-likeness (QED) is 0.398. The van der Waals surface area contributed by atoms with Gasteiger partial charge in [-0.05, 0) is 12.8 Å². The summed E-state index contributed by atoms with van der Waals surface area (Å²) in [7, 11) is 0. The number of hydrogen-bond acceptors (Lipinski definition) is 4. The lowest BCUT2D eigenvalue weighted by Gasteiger charge is -2.25. The molecule has 1 fully saturated rings. The van der Waals surface area contributed by atoms with E-state index < -0.39 is 11.6 Å². The Hall–Kier alpha value is -0.650. The Balaban J connectivity index is 2.75. The van der Waals surface area contributed by atoms with Crippen molar-refractivity contribution < 1.29 is 9.90 Å². The lowest BCUT2D eigenvalue weighted by atomic mass is 10.1. The third-order valence-electron chi connectivity index (χ3n) is 1.84. The molecule has 5 heteroatoms. The highest BCUT2D eigenvalue weighted by Gasteiger charge is 2.42. The number of nitrogens with two attached hydrogens (primary N) is 2. The van der Waals surface area contributed by atoms with Gasteiger partial charge in [-0.3, -0.25) is 5.84 Å². The van der Waals surface area contributed by atoms with Crippen molar-refractivity contribution in [3.05, 3.63) is 0 Å². The van der Waals surface area contributed by atoms with Crippen LogP contribution in [0.15, 0.2) is 0 Å². The summed E-state index contributed by atoms with van der Waals surface area (Å²) in [6.07, 6.45) is 1.18. The molecule has 0 aliphatic carbocycles. The first kappa shape index (κ1) is 7.46. The molecule has 10 heavy (non-hydrogen) atoms. The minimum Gasteiger partial charge on any atom is -0.479 e. The van der Waals surface area contributed by atoms with E-state index in [4.69, 9.17) is 16.7 Å². The number of carboxylic acids is 1. The maximum atomic E-state index is 10.5. The number of carbonyl (C=O) groups is 1. The Morgan fingerprint density at radius 1 is 1.70 bits per heavy atom. The van der Waals surface area contributed by atoms with E-state index in [9.17, 15) is 4.79 Å². The van der Waals surface area contributed by atoms with Crippen LogP contribution in [0.5, 0.6) is 0 Å². The van der Waals surface area contributed by atoms with Gasteiger partial charge in [0.2, 0.25) is 0 Å². The zero-order valence-electron chi connectivity index (χ0n) is 5.58. The van der Waals surface area contributed by atoms with Gasteiger partial charge < -0.3 is 10.8 Å². The fraction of sp³-hybridized carbons (Fsp3) is 0.800. The molecule has 0 saturated carbocycles. The molecule has 0 radical (unpaired) electrons. The summed E-state index contributed by atoms with van der Waals surface area (Å²) in [5, 5.41) is 9.77. The van der Waals surface area contributed by atoms with Crippen LogP contribution in [0.2, 0.25) is 0 Å². The van der Waals surface area contributed by atoms with Gasteiger partial charge in [0.15, 0.2) is 5.66 Å². The summed E-state index contributed by atoms with van der Waals surface area (Å²) in [5.74, 6) is 4.29. The Morgan fingerprint density at radius 3 is 2.50 bits per heavy atom. The molecule has 58 valence electrons. The fourth-order valence-corrected chi connectivity index (χ4v) is 1.09. The van der Waals surface area contributed by atoms with Gasteiger partial charge in [-0.15, -0.1) is 0 Å². The van der Waals surface area contributed by atoms with E-state index in [1.807, 2.05) is 0 Å². The number of aliphatic carboxylic acids is 1. The summed E-state index contributed by atoms with van der Waals surface area (Å²) < 4.78 is 0. The maximum Gasteiger partial charge on any atom is 0.340 e. The molecule has 1 atom stereocenters. The molecular weight excluding hydrogens is 134 g/mol. The van der Waals surface area contributed by atoms with Crippen molar-refractivity contribution in [2.24, 2.45) is 11.6 Å². The van der Waals surface area contributed by atoms with Crippen LogP contribution in [0.25, 0.3) is 0 Å². The zero-order valence-corrected chi connectivity index (χ0v) is 5.58. The molecular formula is C5H11N3O2. The minimum atomic E-state index is -1.32. The molecule has 1 rings (SSSR count). The third kappa shape index (κ3) is 0.880. The SMILES string of the molecule is NN1CCC[C@@]1(N)C(=O)O. The molecule has 1 aliphatic heterocycles. The van der Waals surface area contributed by atoms with Crippen LogP contribution >= 0.6 is 0 Å². The molecule has 0 unspecified atom stereocenters. The highest BCUT2D eigenvalue weighted by molar-refractivity contribution is 5.78. The average molecular weight is 145 g/mol. The van der Waals surface area contributed by atoms with Crippen LogP contribution in [-0.2, 0) is 4.79 Å². The van der Waals surface area contributed by atoms with Crippen molar-refractivity contribution in [2.45, 2.75) is 18.5 Å². The van der Waals surface area contributed by atoms with Gasteiger partial charge in [0.05, 0.1) is 0 Å². The van der Waals surface area contributed by atoms with Crippen LogP contribution in [0.1, 0.15) is 12.8 Å². The van der Waals surface area contributed by atoms with Crippen LogP contribution in [0, 0.1) is 0 Å². The first-order chi connectivity index (χ1) is 4.57. The molecule has 0 spiro atoms. The summed E-state index contributed by atoms with van der Waals surface area (Å²) in [4.78, 5) is 10.5. The predicted octanol–water partition coefficient (Wildman–Crippen LogP) is -1.30. The lowest BCUT2D eigenvalue weighted by Crippen LogP contribution is -2.60. The van der Waals surface area contributed by atoms with Crippen LogP contribution in [0.4, 0.5) is 0 Å². The van der Waals surface area contributed by atoms with Crippen molar-refractivity contribution in [1.29, 1.82) is 0 Å². The van der Waals surface area contributed by atoms with E-state index in [2.05, 4.69) is 0 Å². The van der Waals surface area contributed by atoms with Crippen molar-refractivity contribution >= 4 is 5.97 Å². The summed E-state index contributed by atoms with van der Waals surface area (Å²) >= 11 is 0. The van der Waals surface area contributed by atoms with Gasteiger partial charge in [0, 0.05) is 6.54 Å². The van der Waals surface area contributed by atoms with E-state index in [0.717, 1.165) is 6.42 Å². The number of hydrogen-bond donors (Lipinski definition) is 3. The Kier molecular flexibility index (Phi) is 1.63. The largest absolute Gasteiger partial charge is 0.479 e. The van der Waals surface area contributed by atoms with Gasteiger partial charge in [0.1, 0.15) is 0 Å². The first-order valence-electron chi connectivity index (χ1n) is 3.12. The smallest absolute Gasteiger partial charge is 0.340 e. The summed E-state index contributed by atoms with van der Waals surface area (Å²) in [6.45, 7) is 0.558. The van der Waals surface area contributed by atoms with E-state index in [1.54, 1.807) is 0 Å². The average Bonchev–Trinajstić information content (AvgIpc) is 2.15. The van der Waals surface area contributed by atoms with Gasteiger partial charge in [-0.2, -0.15) is 0 Å². The van der Waals surface area contributed by atoms with Gasteiger partial charge >= 0.3 is 5.97 Å². The van der Waals surface area contributed by atoms with E-state index in [1.165, 1.54) is 5.01 Å². The highest BCUT2D eigenvalue weighted by atomic mass is 16.4. The highest BCUT2D eigenvalue weighted by Crippen LogP contribution is 2.20. The molecule has 1 aliphatic rings. The third-order valence-corrected chi connectivity index (χ3v) is 1.84. The second kappa shape index (κ2) is 2.19. The Bertz CT molecular complexity index is 161. The van der Waals surface area contributed by atoms with Crippen molar-refractivity contribution in [3.8, 4) is 0 Å². The van der Waals surface area contributed by atoms with Gasteiger partial charge in [0.25, 0.3) is 0 Å². The normalized spacial score (nSPS) is 34.6. The topological polar surface area (TPSA) is 92.6 Å². The molecule has 0 bridgehead atoms. The molecule has 0 aromatic carbocycles. The van der Waals surface area contributed by atoms with Crippen LogP contribution in [-0.4, -0.2) is 28.3 Å². The van der Waals surface area contributed by atoms with Crippen LogP contribution < -0.4 is 11.6 Å². The van der Waals surface area contributed by atoms with E-state index >= 15 is 0 Å². The molecule has 0 aromatic rings. The summed E-state index contributed by atoms with van der Waals surface area (Å²) in [6, 6.07) is 0. The first-order valence-corrected chi connectivity index (χ1v) is 3.12. The Labute approximate surface area is 58.6 Å². The predicted molar refractivity (Wildman–Crippen MR) is 34.7 cm³/mol. The van der Waals surface area contributed by atoms with E-state index in [0.29, 0.717) is 13.0 Å². The monoisotopic (exact) mass is 145 g/mol. The zero-order chi connectivity index (χ0) is 7.78.